The Hall–Kier alpha value is -3.25. The van der Waals surface area contributed by atoms with Crippen molar-refractivity contribution >= 4 is 28.6 Å². The zero-order valence-corrected chi connectivity index (χ0v) is 17.5. The molecule has 0 atom stereocenters. The molecular formula is C23H22ClN5O. The first-order valence-electron chi connectivity index (χ1n) is 9.96. The van der Waals surface area contributed by atoms with Gasteiger partial charge in [0.15, 0.2) is 5.82 Å². The number of piperazine rings is 1. The molecule has 152 valence electrons. The predicted molar refractivity (Wildman–Crippen MR) is 121 cm³/mol. The van der Waals surface area contributed by atoms with E-state index < -0.39 is 0 Å². The number of aromatic nitrogens is 3. The Labute approximate surface area is 180 Å². The number of hydrogen-bond donors (Lipinski definition) is 0. The van der Waals surface area contributed by atoms with E-state index in [2.05, 4.69) is 26.9 Å². The van der Waals surface area contributed by atoms with Gasteiger partial charge in [-0.05, 0) is 30.3 Å². The molecule has 3 heterocycles. The van der Waals surface area contributed by atoms with Gasteiger partial charge >= 0.3 is 0 Å². The highest BCUT2D eigenvalue weighted by molar-refractivity contribution is 6.33. The Bertz CT molecular complexity index is 1180. The molecule has 0 aliphatic carbocycles. The zero-order chi connectivity index (χ0) is 20.5. The summed E-state index contributed by atoms with van der Waals surface area (Å²) in [6.07, 6.45) is 3.70. The van der Waals surface area contributed by atoms with Crippen LogP contribution < -0.4 is 14.5 Å². The SMILES string of the molecule is COc1cccc(-c2cc3c(N4CCN(c5ccccc5Cl)CC4)nccn3n2)c1. The van der Waals surface area contributed by atoms with Crippen molar-refractivity contribution in [1.82, 2.24) is 14.6 Å². The van der Waals surface area contributed by atoms with Gasteiger partial charge in [-0.2, -0.15) is 5.10 Å². The van der Waals surface area contributed by atoms with E-state index in [1.54, 1.807) is 7.11 Å². The third kappa shape index (κ3) is 3.44. The molecule has 1 fully saturated rings. The molecule has 4 aromatic rings. The van der Waals surface area contributed by atoms with Crippen LogP contribution in [0, 0.1) is 0 Å². The molecule has 0 N–H and O–H groups in total. The summed E-state index contributed by atoms with van der Waals surface area (Å²) < 4.78 is 7.26. The number of anilines is 2. The first kappa shape index (κ1) is 18.8. The Balaban J connectivity index is 1.41. The van der Waals surface area contributed by atoms with Crippen molar-refractivity contribution < 1.29 is 4.74 Å². The summed E-state index contributed by atoms with van der Waals surface area (Å²) in [7, 11) is 1.67. The van der Waals surface area contributed by atoms with E-state index >= 15 is 0 Å². The second kappa shape index (κ2) is 7.88. The van der Waals surface area contributed by atoms with E-state index in [1.807, 2.05) is 59.4 Å². The fourth-order valence-corrected chi connectivity index (χ4v) is 4.20. The summed E-state index contributed by atoms with van der Waals surface area (Å²) in [4.78, 5) is 9.33. The van der Waals surface area contributed by atoms with E-state index in [4.69, 9.17) is 21.4 Å². The van der Waals surface area contributed by atoms with Crippen LogP contribution in [-0.2, 0) is 0 Å². The van der Waals surface area contributed by atoms with Gasteiger partial charge in [-0.25, -0.2) is 9.50 Å². The Morgan fingerprint density at radius 3 is 2.53 bits per heavy atom. The zero-order valence-electron chi connectivity index (χ0n) is 16.7. The number of nitrogens with zero attached hydrogens (tertiary/aromatic N) is 5. The largest absolute Gasteiger partial charge is 0.497 e. The molecule has 0 amide bonds. The number of rotatable bonds is 4. The van der Waals surface area contributed by atoms with Gasteiger partial charge in [0, 0.05) is 44.1 Å². The minimum atomic E-state index is 0.796. The molecular weight excluding hydrogens is 398 g/mol. The lowest BCUT2D eigenvalue weighted by Gasteiger charge is -2.37. The lowest BCUT2D eigenvalue weighted by Crippen LogP contribution is -2.47. The fraction of sp³-hybridized carbons (Fsp3) is 0.217. The minimum Gasteiger partial charge on any atom is -0.497 e. The van der Waals surface area contributed by atoms with Gasteiger partial charge in [0.1, 0.15) is 11.3 Å². The van der Waals surface area contributed by atoms with Gasteiger partial charge in [-0.1, -0.05) is 35.9 Å². The average molecular weight is 420 g/mol. The van der Waals surface area contributed by atoms with Crippen LogP contribution in [0.25, 0.3) is 16.8 Å². The van der Waals surface area contributed by atoms with E-state index in [1.165, 1.54) is 0 Å². The van der Waals surface area contributed by atoms with Crippen molar-refractivity contribution in [2.24, 2.45) is 0 Å². The summed E-state index contributed by atoms with van der Waals surface area (Å²) in [5, 5.41) is 5.55. The second-order valence-electron chi connectivity index (χ2n) is 7.27. The molecule has 2 aromatic heterocycles. The summed E-state index contributed by atoms with van der Waals surface area (Å²) in [6.45, 7) is 3.53. The minimum absolute atomic E-state index is 0.796. The molecule has 0 unspecified atom stereocenters. The standard InChI is InChI=1S/C23H22ClN5O/c1-30-18-6-4-5-17(15-18)20-16-22-23(25-9-10-29(22)26-20)28-13-11-27(12-14-28)21-8-3-2-7-19(21)24/h2-10,15-16H,11-14H2,1H3. The molecule has 1 aliphatic heterocycles. The maximum atomic E-state index is 6.38. The van der Waals surface area contributed by atoms with E-state index in [9.17, 15) is 0 Å². The van der Waals surface area contributed by atoms with Crippen LogP contribution in [0.2, 0.25) is 5.02 Å². The highest BCUT2D eigenvalue weighted by atomic mass is 35.5. The number of benzene rings is 2. The average Bonchev–Trinajstić information content (AvgIpc) is 3.24. The van der Waals surface area contributed by atoms with Crippen LogP contribution >= 0.6 is 11.6 Å². The molecule has 0 radical (unpaired) electrons. The number of methoxy groups -OCH3 is 1. The molecule has 7 heteroatoms. The second-order valence-corrected chi connectivity index (χ2v) is 7.67. The maximum Gasteiger partial charge on any atom is 0.154 e. The van der Waals surface area contributed by atoms with Gasteiger partial charge in [-0.15, -0.1) is 0 Å². The van der Waals surface area contributed by atoms with Gasteiger partial charge in [0.25, 0.3) is 0 Å². The van der Waals surface area contributed by atoms with Crippen LogP contribution in [0.4, 0.5) is 11.5 Å². The van der Waals surface area contributed by atoms with Crippen LogP contribution in [0.5, 0.6) is 5.75 Å². The van der Waals surface area contributed by atoms with Crippen molar-refractivity contribution in [3.63, 3.8) is 0 Å². The summed E-state index contributed by atoms with van der Waals surface area (Å²) in [5.74, 6) is 1.77. The summed E-state index contributed by atoms with van der Waals surface area (Å²) >= 11 is 6.38. The molecule has 0 spiro atoms. The quantitative estimate of drug-likeness (QED) is 0.491. The Morgan fingerprint density at radius 2 is 1.73 bits per heavy atom. The Kier molecular flexibility index (Phi) is 4.93. The lowest BCUT2D eigenvalue weighted by atomic mass is 10.1. The molecule has 0 bridgehead atoms. The van der Waals surface area contributed by atoms with Gasteiger partial charge < -0.3 is 14.5 Å². The smallest absolute Gasteiger partial charge is 0.154 e. The number of fused-ring (bicyclic) bond motifs is 1. The summed E-state index contributed by atoms with van der Waals surface area (Å²) in [6, 6.07) is 18.1. The van der Waals surface area contributed by atoms with Crippen molar-refractivity contribution in [2.45, 2.75) is 0 Å². The Morgan fingerprint density at radius 1 is 0.933 bits per heavy atom. The predicted octanol–water partition coefficient (Wildman–Crippen LogP) is 4.38. The topological polar surface area (TPSA) is 45.9 Å². The van der Waals surface area contributed by atoms with Crippen LogP contribution in [0.1, 0.15) is 0 Å². The van der Waals surface area contributed by atoms with E-state index in [0.717, 1.165) is 65.2 Å². The van der Waals surface area contributed by atoms with E-state index in [0.29, 0.717) is 0 Å². The van der Waals surface area contributed by atoms with Crippen molar-refractivity contribution in [3.8, 4) is 17.0 Å². The number of halogens is 1. The number of para-hydroxylation sites is 1. The lowest BCUT2D eigenvalue weighted by molar-refractivity contribution is 0.415. The fourth-order valence-electron chi connectivity index (χ4n) is 3.94. The maximum absolute atomic E-state index is 6.38. The van der Waals surface area contributed by atoms with E-state index in [-0.39, 0.29) is 0 Å². The highest BCUT2D eigenvalue weighted by Crippen LogP contribution is 2.30. The first-order chi connectivity index (χ1) is 14.7. The van der Waals surface area contributed by atoms with Crippen LogP contribution in [-0.4, -0.2) is 47.9 Å². The van der Waals surface area contributed by atoms with Crippen molar-refractivity contribution in [1.29, 1.82) is 0 Å². The number of ether oxygens (including phenoxy) is 1. The molecule has 1 aliphatic rings. The molecule has 6 nitrogen and oxygen atoms in total. The molecule has 1 saturated heterocycles. The van der Waals surface area contributed by atoms with Gasteiger partial charge in [0.2, 0.25) is 0 Å². The van der Waals surface area contributed by atoms with Crippen LogP contribution in [0.15, 0.2) is 67.0 Å². The number of hydrogen-bond acceptors (Lipinski definition) is 5. The molecule has 30 heavy (non-hydrogen) atoms. The third-order valence-electron chi connectivity index (χ3n) is 5.51. The van der Waals surface area contributed by atoms with Crippen molar-refractivity contribution in [3.05, 3.63) is 72.0 Å². The molecule has 5 rings (SSSR count). The van der Waals surface area contributed by atoms with Crippen LogP contribution in [0.3, 0.4) is 0 Å². The normalized spacial score (nSPS) is 14.3. The monoisotopic (exact) mass is 419 g/mol. The molecule has 2 aromatic carbocycles. The van der Waals surface area contributed by atoms with Gasteiger partial charge in [-0.3, -0.25) is 0 Å². The third-order valence-corrected chi connectivity index (χ3v) is 5.83. The molecule has 0 saturated carbocycles. The van der Waals surface area contributed by atoms with Gasteiger partial charge in [0.05, 0.1) is 23.5 Å². The van der Waals surface area contributed by atoms with Crippen molar-refractivity contribution in [2.75, 3.05) is 43.1 Å². The first-order valence-corrected chi connectivity index (χ1v) is 10.3. The highest BCUT2D eigenvalue weighted by Gasteiger charge is 2.22. The summed E-state index contributed by atoms with van der Waals surface area (Å²) in [5.41, 5.74) is 4.02.